The summed E-state index contributed by atoms with van der Waals surface area (Å²) < 4.78 is 0. The van der Waals surface area contributed by atoms with Crippen LogP contribution in [0.25, 0.3) is 10.9 Å². The summed E-state index contributed by atoms with van der Waals surface area (Å²) in [6.07, 6.45) is 9.30. The maximum atomic E-state index is 9.26. The van der Waals surface area contributed by atoms with E-state index in [0.717, 1.165) is 35.9 Å². The Morgan fingerprint density at radius 1 is 1.26 bits per heavy atom. The van der Waals surface area contributed by atoms with Crippen molar-refractivity contribution in [2.24, 2.45) is 0 Å². The number of hydrogen-bond donors (Lipinski definition) is 1. The average Bonchev–Trinajstić information content (AvgIpc) is 2.49. The highest BCUT2D eigenvalue weighted by molar-refractivity contribution is 5.93. The zero-order valence-electron chi connectivity index (χ0n) is 10.6. The third kappa shape index (κ3) is 2.30. The molecule has 0 fully saturated rings. The molecule has 0 spiro atoms. The van der Waals surface area contributed by atoms with Gasteiger partial charge in [0.05, 0.1) is 16.8 Å². The third-order valence-electron chi connectivity index (χ3n) is 3.51. The van der Waals surface area contributed by atoms with E-state index in [9.17, 15) is 5.26 Å². The summed E-state index contributed by atoms with van der Waals surface area (Å²) >= 11 is 0. The lowest BCUT2D eigenvalue weighted by Gasteiger charge is -2.22. The van der Waals surface area contributed by atoms with E-state index >= 15 is 0 Å². The van der Waals surface area contributed by atoms with Crippen LogP contribution in [0.15, 0.2) is 42.6 Å². The Balaban J connectivity index is 2.04. The number of nitriles is 1. The molecule has 1 atom stereocenters. The second-order valence-corrected chi connectivity index (χ2v) is 4.80. The Bertz CT molecular complexity index is 667. The topological polar surface area (TPSA) is 48.7 Å². The molecule has 1 aromatic heterocycles. The highest BCUT2D eigenvalue weighted by Crippen LogP contribution is 2.27. The predicted octanol–water partition coefficient (Wildman–Crippen LogP) is 3.63. The van der Waals surface area contributed by atoms with Crippen molar-refractivity contribution in [3.63, 3.8) is 0 Å². The smallest absolute Gasteiger partial charge is 0.103 e. The van der Waals surface area contributed by atoms with Crippen LogP contribution >= 0.6 is 0 Å². The molecule has 94 valence electrons. The van der Waals surface area contributed by atoms with E-state index in [1.807, 2.05) is 24.3 Å². The largest absolute Gasteiger partial charge is 0.380 e. The fourth-order valence-electron chi connectivity index (χ4n) is 2.51. The van der Waals surface area contributed by atoms with Crippen molar-refractivity contribution in [3.8, 4) is 6.07 Å². The first-order valence-electron chi connectivity index (χ1n) is 6.58. The number of anilines is 1. The summed E-state index contributed by atoms with van der Waals surface area (Å²) in [5.74, 6) is 0. The van der Waals surface area contributed by atoms with Gasteiger partial charge >= 0.3 is 0 Å². The number of aromatic nitrogens is 1. The Hall–Kier alpha value is -2.34. The summed E-state index contributed by atoms with van der Waals surface area (Å²) in [7, 11) is 0. The molecule has 3 heteroatoms. The maximum Gasteiger partial charge on any atom is 0.103 e. The highest BCUT2D eigenvalue weighted by atomic mass is 14.9. The molecule has 19 heavy (non-hydrogen) atoms. The summed E-state index contributed by atoms with van der Waals surface area (Å²) in [5.41, 5.74) is 2.47. The molecular weight excluding hydrogens is 234 g/mol. The van der Waals surface area contributed by atoms with Crippen LogP contribution in [0.2, 0.25) is 0 Å². The summed E-state index contributed by atoms with van der Waals surface area (Å²) in [5, 5.41) is 13.8. The van der Waals surface area contributed by atoms with Crippen molar-refractivity contribution >= 4 is 16.6 Å². The van der Waals surface area contributed by atoms with Crippen LogP contribution in [0.1, 0.15) is 24.8 Å². The zero-order valence-corrected chi connectivity index (χ0v) is 10.6. The fourth-order valence-corrected chi connectivity index (χ4v) is 2.51. The Morgan fingerprint density at radius 2 is 2.16 bits per heavy atom. The molecule has 1 N–H and O–H groups in total. The minimum Gasteiger partial charge on any atom is -0.380 e. The number of rotatable bonds is 2. The first kappa shape index (κ1) is 11.7. The van der Waals surface area contributed by atoms with E-state index in [1.54, 1.807) is 6.20 Å². The lowest BCUT2D eigenvalue weighted by atomic mass is 10.0. The normalized spacial score (nSPS) is 18.2. The molecule has 0 radical (unpaired) electrons. The summed E-state index contributed by atoms with van der Waals surface area (Å²) in [6, 6.07) is 10.6. The van der Waals surface area contributed by atoms with Gasteiger partial charge in [-0.1, -0.05) is 30.4 Å². The van der Waals surface area contributed by atoms with E-state index in [-0.39, 0.29) is 0 Å². The average molecular weight is 249 g/mol. The Kier molecular flexibility index (Phi) is 3.16. The van der Waals surface area contributed by atoms with Gasteiger partial charge in [-0.15, -0.1) is 0 Å². The van der Waals surface area contributed by atoms with Crippen LogP contribution in [-0.4, -0.2) is 11.0 Å². The molecule has 2 aromatic rings. The van der Waals surface area contributed by atoms with Crippen molar-refractivity contribution in [1.82, 2.24) is 4.98 Å². The lowest BCUT2D eigenvalue weighted by Crippen LogP contribution is -2.21. The SMILES string of the molecule is N#Cc1cnc2ccccc2c1NC1CC=CCC1. The number of fused-ring (bicyclic) bond motifs is 1. The summed E-state index contributed by atoms with van der Waals surface area (Å²) in [6.45, 7) is 0. The predicted molar refractivity (Wildman–Crippen MR) is 76.9 cm³/mol. The van der Waals surface area contributed by atoms with Crippen LogP contribution in [0.3, 0.4) is 0 Å². The highest BCUT2D eigenvalue weighted by Gasteiger charge is 2.14. The van der Waals surface area contributed by atoms with Gasteiger partial charge < -0.3 is 5.32 Å². The molecule has 0 saturated heterocycles. The zero-order chi connectivity index (χ0) is 13.1. The van der Waals surface area contributed by atoms with Crippen LogP contribution in [-0.2, 0) is 0 Å². The summed E-state index contributed by atoms with van der Waals surface area (Å²) in [4.78, 5) is 4.33. The van der Waals surface area contributed by atoms with Gasteiger partial charge in [0.1, 0.15) is 6.07 Å². The lowest BCUT2D eigenvalue weighted by molar-refractivity contribution is 0.645. The van der Waals surface area contributed by atoms with Crippen LogP contribution in [0, 0.1) is 11.3 Å². The first-order valence-corrected chi connectivity index (χ1v) is 6.58. The van der Waals surface area contributed by atoms with E-state index in [1.165, 1.54) is 0 Å². The quantitative estimate of drug-likeness (QED) is 0.827. The fraction of sp³-hybridized carbons (Fsp3) is 0.250. The number of nitrogens with one attached hydrogen (secondary N) is 1. The van der Waals surface area contributed by atoms with Gasteiger partial charge in [0.15, 0.2) is 0 Å². The van der Waals surface area contributed by atoms with E-state index in [4.69, 9.17) is 0 Å². The number of hydrogen-bond acceptors (Lipinski definition) is 3. The molecule has 1 aromatic carbocycles. The second kappa shape index (κ2) is 5.11. The maximum absolute atomic E-state index is 9.26. The van der Waals surface area contributed by atoms with Gasteiger partial charge in [-0.25, -0.2) is 0 Å². The van der Waals surface area contributed by atoms with Crippen molar-refractivity contribution in [3.05, 3.63) is 48.2 Å². The monoisotopic (exact) mass is 249 g/mol. The van der Waals surface area contributed by atoms with E-state index in [0.29, 0.717) is 11.6 Å². The molecule has 1 aliphatic rings. The van der Waals surface area contributed by atoms with Crippen LogP contribution in [0.5, 0.6) is 0 Å². The Morgan fingerprint density at radius 3 is 2.95 bits per heavy atom. The minimum absolute atomic E-state index is 0.405. The van der Waals surface area contributed by atoms with Gasteiger partial charge in [0, 0.05) is 17.6 Å². The minimum atomic E-state index is 0.405. The van der Waals surface area contributed by atoms with Gasteiger partial charge in [0.2, 0.25) is 0 Å². The third-order valence-corrected chi connectivity index (χ3v) is 3.51. The number of para-hydroxylation sites is 1. The standard InChI is InChI=1S/C16H15N3/c17-10-12-11-18-15-9-5-4-8-14(15)16(12)19-13-6-2-1-3-7-13/h1-2,4-5,8-9,11,13H,3,6-7H2,(H,18,19). The molecule has 1 aliphatic carbocycles. The van der Waals surface area contributed by atoms with Crippen LogP contribution < -0.4 is 5.32 Å². The molecule has 1 unspecified atom stereocenters. The number of nitrogens with zero attached hydrogens (tertiary/aromatic N) is 2. The Labute approximate surface area is 112 Å². The van der Waals surface area contributed by atoms with E-state index in [2.05, 4.69) is 28.5 Å². The van der Waals surface area contributed by atoms with Crippen molar-refractivity contribution in [1.29, 1.82) is 5.26 Å². The molecular formula is C16H15N3. The number of pyridine rings is 1. The molecule has 0 aliphatic heterocycles. The number of benzene rings is 1. The van der Waals surface area contributed by atoms with Crippen LogP contribution in [0.4, 0.5) is 5.69 Å². The molecule has 3 rings (SSSR count). The van der Waals surface area contributed by atoms with Gasteiger partial charge in [-0.2, -0.15) is 5.26 Å². The van der Waals surface area contributed by atoms with Gasteiger partial charge in [-0.05, 0) is 25.3 Å². The van der Waals surface area contributed by atoms with Crippen molar-refractivity contribution in [2.75, 3.05) is 5.32 Å². The molecule has 1 heterocycles. The van der Waals surface area contributed by atoms with Gasteiger partial charge in [0.25, 0.3) is 0 Å². The molecule has 0 bridgehead atoms. The molecule has 0 amide bonds. The van der Waals surface area contributed by atoms with Crippen molar-refractivity contribution in [2.45, 2.75) is 25.3 Å². The molecule has 0 saturated carbocycles. The second-order valence-electron chi connectivity index (χ2n) is 4.80. The first-order chi connectivity index (χ1) is 9.38. The van der Waals surface area contributed by atoms with E-state index < -0.39 is 0 Å². The number of allylic oxidation sites excluding steroid dienone is 1. The van der Waals surface area contributed by atoms with Gasteiger partial charge in [-0.3, -0.25) is 4.98 Å². The van der Waals surface area contributed by atoms with Crippen molar-refractivity contribution < 1.29 is 0 Å². The molecule has 3 nitrogen and oxygen atoms in total.